The lowest BCUT2D eigenvalue weighted by Gasteiger charge is -2.36. The standard InChI is InChI=1S/C23H28N2O4/c1-18(19-6-4-3-5-7-19)16-23(27)29-17-22(26)25-14-12-24(13-15-25)20-8-10-21(28-2)11-9-20/h3-11,18H,12-17H2,1-2H3/t18-/m1/s1. The minimum atomic E-state index is -0.341. The second-order valence-electron chi connectivity index (χ2n) is 7.24. The maximum atomic E-state index is 12.4. The maximum absolute atomic E-state index is 12.4. The second kappa shape index (κ2) is 9.96. The van der Waals surface area contributed by atoms with Gasteiger partial charge in [0.05, 0.1) is 13.5 Å². The van der Waals surface area contributed by atoms with Crippen LogP contribution in [-0.2, 0) is 14.3 Å². The summed E-state index contributed by atoms with van der Waals surface area (Å²) in [5.74, 6) is 0.407. The van der Waals surface area contributed by atoms with Gasteiger partial charge in [0, 0.05) is 31.9 Å². The van der Waals surface area contributed by atoms with Gasteiger partial charge in [-0.1, -0.05) is 37.3 Å². The number of benzene rings is 2. The highest BCUT2D eigenvalue weighted by atomic mass is 16.5. The molecule has 2 aromatic rings. The van der Waals surface area contributed by atoms with Crippen LogP contribution in [0.1, 0.15) is 24.8 Å². The van der Waals surface area contributed by atoms with Gasteiger partial charge < -0.3 is 19.3 Å². The van der Waals surface area contributed by atoms with Gasteiger partial charge in [0.1, 0.15) is 5.75 Å². The van der Waals surface area contributed by atoms with E-state index in [2.05, 4.69) is 4.90 Å². The summed E-state index contributed by atoms with van der Waals surface area (Å²) in [7, 11) is 1.65. The third kappa shape index (κ3) is 5.73. The first-order valence-electron chi connectivity index (χ1n) is 9.94. The predicted molar refractivity (Wildman–Crippen MR) is 112 cm³/mol. The molecule has 6 nitrogen and oxygen atoms in total. The van der Waals surface area contributed by atoms with Crippen molar-refractivity contribution in [1.29, 1.82) is 0 Å². The molecule has 154 valence electrons. The number of anilines is 1. The largest absolute Gasteiger partial charge is 0.497 e. The fraction of sp³-hybridized carbons (Fsp3) is 0.391. The Morgan fingerprint density at radius 1 is 0.966 bits per heavy atom. The Morgan fingerprint density at radius 2 is 1.62 bits per heavy atom. The second-order valence-corrected chi connectivity index (χ2v) is 7.24. The smallest absolute Gasteiger partial charge is 0.306 e. The molecule has 1 aliphatic heterocycles. The molecule has 0 spiro atoms. The molecule has 2 aromatic carbocycles. The summed E-state index contributed by atoms with van der Waals surface area (Å²) in [5, 5.41) is 0. The van der Waals surface area contributed by atoms with Gasteiger partial charge in [0.25, 0.3) is 5.91 Å². The van der Waals surface area contributed by atoms with E-state index in [-0.39, 0.29) is 30.8 Å². The fourth-order valence-electron chi connectivity index (χ4n) is 3.45. The molecule has 1 aliphatic rings. The van der Waals surface area contributed by atoms with Crippen LogP contribution in [0.3, 0.4) is 0 Å². The van der Waals surface area contributed by atoms with E-state index in [9.17, 15) is 9.59 Å². The number of hydrogen-bond donors (Lipinski definition) is 0. The normalized spacial score (nSPS) is 15.0. The number of ether oxygens (including phenoxy) is 2. The summed E-state index contributed by atoms with van der Waals surface area (Å²) >= 11 is 0. The number of piperazine rings is 1. The number of carbonyl (C=O) groups is 2. The Morgan fingerprint density at radius 3 is 2.24 bits per heavy atom. The average Bonchev–Trinajstić information content (AvgIpc) is 2.78. The predicted octanol–water partition coefficient (Wildman–Crippen LogP) is 3.08. The first-order valence-corrected chi connectivity index (χ1v) is 9.94. The van der Waals surface area contributed by atoms with Gasteiger partial charge in [-0.2, -0.15) is 0 Å². The zero-order valence-electron chi connectivity index (χ0n) is 17.0. The molecule has 1 heterocycles. The maximum Gasteiger partial charge on any atom is 0.306 e. The van der Waals surface area contributed by atoms with Crippen LogP contribution in [0.4, 0.5) is 5.69 Å². The number of hydrogen-bond acceptors (Lipinski definition) is 5. The number of methoxy groups -OCH3 is 1. The summed E-state index contributed by atoms with van der Waals surface area (Å²) in [5.41, 5.74) is 2.20. The molecule has 3 rings (SSSR count). The van der Waals surface area contributed by atoms with Crippen molar-refractivity contribution < 1.29 is 19.1 Å². The molecule has 0 unspecified atom stereocenters. The summed E-state index contributed by atoms with van der Waals surface area (Å²) in [6.07, 6.45) is 0.266. The summed E-state index contributed by atoms with van der Waals surface area (Å²) in [6, 6.07) is 17.7. The van der Waals surface area contributed by atoms with Gasteiger partial charge in [0.15, 0.2) is 6.61 Å². The highest BCUT2D eigenvalue weighted by Crippen LogP contribution is 2.21. The van der Waals surface area contributed by atoms with E-state index in [1.165, 1.54) is 0 Å². The fourth-order valence-corrected chi connectivity index (χ4v) is 3.45. The van der Waals surface area contributed by atoms with Gasteiger partial charge in [-0.05, 0) is 35.7 Å². The number of amides is 1. The van der Waals surface area contributed by atoms with Crippen molar-refractivity contribution in [3.63, 3.8) is 0 Å². The Labute approximate surface area is 172 Å². The molecule has 1 amide bonds. The third-order valence-corrected chi connectivity index (χ3v) is 5.27. The van der Waals surface area contributed by atoms with E-state index in [4.69, 9.17) is 9.47 Å². The molecule has 0 saturated carbocycles. The van der Waals surface area contributed by atoms with Crippen LogP contribution in [0.25, 0.3) is 0 Å². The zero-order chi connectivity index (χ0) is 20.6. The van der Waals surface area contributed by atoms with Gasteiger partial charge >= 0.3 is 5.97 Å². The molecule has 0 aromatic heterocycles. The molecule has 6 heteroatoms. The van der Waals surface area contributed by atoms with E-state index in [1.54, 1.807) is 12.0 Å². The lowest BCUT2D eigenvalue weighted by Crippen LogP contribution is -2.49. The molecule has 0 N–H and O–H groups in total. The molecule has 29 heavy (non-hydrogen) atoms. The number of esters is 1. The molecular weight excluding hydrogens is 368 g/mol. The molecule has 0 aliphatic carbocycles. The molecule has 1 atom stereocenters. The topological polar surface area (TPSA) is 59.1 Å². The van der Waals surface area contributed by atoms with Crippen LogP contribution < -0.4 is 9.64 Å². The quantitative estimate of drug-likeness (QED) is 0.673. The number of carbonyl (C=O) groups excluding carboxylic acids is 2. The zero-order valence-corrected chi connectivity index (χ0v) is 17.0. The van der Waals surface area contributed by atoms with Gasteiger partial charge in [0.2, 0.25) is 0 Å². The van der Waals surface area contributed by atoms with E-state index >= 15 is 0 Å². The van der Waals surface area contributed by atoms with Crippen LogP contribution in [0.2, 0.25) is 0 Å². The van der Waals surface area contributed by atoms with Crippen molar-refractivity contribution in [1.82, 2.24) is 4.90 Å². The highest BCUT2D eigenvalue weighted by molar-refractivity contribution is 5.81. The Kier molecular flexibility index (Phi) is 7.11. The van der Waals surface area contributed by atoms with Crippen molar-refractivity contribution in [3.8, 4) is 5.75 Å². The summed E-state index contributed by atoms with van der Waals surface area (Å²) < 4.78 is 10.4. The first kappa shape index (κ1) is 20.7. The van der Waals surface area contributed by atoms with E-state index < -0.39 is 0 Å². The Hall–Kier alpha value is -3.02. The van der Waals surface area contributed by atoms with Crippen LogP contribution in [0.15, 0.2) is 54.6 Å². The monoisotopic (exact) mass is 396 g/mol. The van der Waals surface area contributed by atoms with Crippen molar-refractivity contribution in [2.75, 3.05) is 44.8 Å². The van der Waals surface area contributed by atoms with E-state index in [0.29, 0.717) is 13.1 Å². The van der Waals surface area contributed by atoms with Crippen LogP contribution in [0.5, 0.6) is 5.75 Å². The van der Waals surface area contributed by atoms with Crippen molar-refractivity contribution in [2.24, 2.45) is 0 Å². The number of nitrogens with zero attached hydrogens (tertiary/aromatic N) is 2. The average molecular weight is 396 g/mol. The Balaban J connectivity index is 1.40. The minimum absolute atomic E-state index is 0.0619. The lowest BCUT2D eigenvalue weighted by molar-refractivity contribution is -0.152. The van der Waals surface area contributed by atoms with Crippen LogP contribution in [0, 0.1) is 0 Å². The molecule has 1 saturated heterocycles. The summed E-state index contributed by atoms with van der Waals surface area (Å²) in [6.45, 7) is 4.51. The molecule has 1 fully saturated rings. The first-order chi connectivity index (χ1) is 14.1. The van der Waals surface area contributed by atoms with E-state index in [0.717, 1.165) is 30.1 Å². The van der Waals surface area contributed by atoms with Gasteiger partial charge in [-0.15, -0.1) is 0 Å². The minimum Gasteiger partial charge on any atom is -0.497 e. The van der Waals surface area contributed by atoms with E-state index in [1.807, 2.05) is 61.5 Å². The highest BCUT2D eigenvalue weighted by Gasteiger charge is 2.22. The van der Waals surface area contributed by atoms with Crippen molar-refractivity contribution in [3.05, 3.63) is 60.2 Å². The lowest BCUT2D eigenvalue weighted by atomic mass is 9.98. The van der Waals surface area contributed by atoms with Crippen molar-refractivity contribution >= 4 is 17.6 Å². The summed E-state index contributed by atoms with van der Waals surface area (Å²) in [4.78, 5) is 28.5. The molecule has 0 bridgehead atoms. The van der Waals surface area contributed by atoms with Crippen LogP contribution >= 0.6 is 0 Å². The third-order valence-electron chi connectivity index (χ3n) is 5.27. The number of rotatable bonds is 7. The van der Waals surface area contributed by atoms with Gasteiger partial charge in [-0.25, -0.2) is 0 Å². The van der Waals surface area contributed by atoms with Gasteiger partial charge in [-0.3, -0.25) is 9.59 Å². The molecule has 0 radical (unpaired) electrons. The van der Waals surface area contributed by atoms with Crippen LogP contribution in [-0.4, -0.2) is 56.7 Å². The Bertz CT molecular complexity index is 799. The van der Waals surface area contributed by atoms with Crippen molar-refractivity contribution in [2.45, 2.75) is 19.3 Å². The molecular formula is C23H28N2O4. The SMILES string of the molecule is COc1ccc(N2CCN(C(=O)COC(=O)C[C@@H](C)c3ccccc3)CC2)cc1.